The Hall–Kier alpha value is -3.68. The molecule has 2 amide bonds. The van der Waals surface area contributed by atoms with Gasteiger partial charge in [0.25, 0.3) is 5.91 Å². The maximum Gasteiger partial charge on any atom is 0.265 e. The minimum Gasteiger partial charge on any atom is -0.482 e. The number of rotatable bonds is 5. The number of fused-ring (bicyclic) bond motifs is 2. The summed E-state index contributed by atoms with van der Waals surface area (Å²) in [7, 11) is 0. The fourth-order valence-corrected chi connectivity index (χ4v) is 3.12. The van der Waals surface area contributed by atoms with Crippen LogP contribution in [0.1, 0.15) is 23.7 Å². The molecule has 2 N–H and O–H groups in total. The number of carbonyl (C=O) groups is 3. The predicted molar refractivity (Wildman–Crippen MR) is 104 cm³/mol. The Morgan fingerprint density at radius 3 is 2.93 bits per heavy atom. The number of ketones is 1. The molecule has 8 nitrogen and oxygen atoms in total. The molecule has 2 aromatic carbocycles. The highest BCUT2D eigenvalue weighted by atomic mass is 16.5. The van der Waals surface area contributed by atoms with Crippen molar-refractivity contribution in [3.05, 3.63) is 48.2 Å². The van der Waals surface area contributed by atoms with Crippen LogP contribution in [0.25, 0.3) is 10.9 Å². The molecule has 1 aromatic heterocycles. The molecule has 1 aliphatic heterocycles. The molecule has 3 aromatic rings. The Morgan fingerprint density at radius 2 is 2.11 bits per heavy atom. The topological polar surface area (TPSA) is 104 Å². The summed E-state index contributed by atoms with van der Waals surface area (Å²) in [5, 5.41) is 10.6. The van der Waals surface area contributed by atoms with Crippen molar-refractivity contribution in [1.29, 1.82) is 0 Å². The van der Waals surface area contributed by atoms with Crippen molar-refractivity contribution in [2.75, 3.05) is 23.4 Å². The summed E-state index contributed by atoms with van der Waals surface area (Å²) in [5.41, 5.74) is 2.47. The molecule has 2 heterocycles. The Bertz CT molecular complexity index is 1090. The second-order valence-electron chi connectivity index (χ2n) is 6.54. The van der Waals surface area contributed by atoms with Crippen LogP contribution < -0.4 is 15.0 Å². The van der Waals surface area contributed by atoms with Gasteiger partial charge in [-0.05, 0) is 43.3 Å². The highest BCUT2D eigenvalue weighted by molar-refractivity contribution is 6.02. The van der Waals surface area contributed by atoms with Gasteiger partial charge in [-0.2, -0.15) is 5.10 Å². The number of amides is 2. The van der Waals surface area contributed by atoms with Crippen molar-refractivity contribution >= 4 is 39.9 Å². The van der Waals surface area contributed by atoms with Crippen LogP contribution in [0.4, 0.5) is 11.4 Å². The van der Waals surface area contributed by atoms with Crippen LogP contribution in [-0.2, 0) is 9.59 Å². The number of hydrogen-bond acceptors (Lipinski definition) is 5. The molecule has 1 aliphatic rings. The SMILES string of the molecule is CC(=O)c1ccc2c(c1)N(CCC(=O)Nc1ccc3cn[nH]c3c1)C(=O)CO2. The molecular formula is C20H18N4O4. The number of nitrogens with zero attached hydrogens (tertiary/aromatic N) is 2. The molecule has 0 fully saturated rings. The summed E-state index contributed by atoms with van der Waals surface area (Å²) in [6.45, 7) is 1.56. The van der Waals surface area contributed by atoms with E-state index in [1.807, 2.05) is 6.07 Å². The molecule has 0 radical (unpaired) electrons. The monoisotopic (exact) mass is 378 g/mol. The third-order valence-electron chi connectivity index (χ3n) is 4.60. The Labute approximate surface area is 160 Å². The van der Waals surface area contributed by atoms with Crippen LogP contribution in [0, 0.1) is 0 Å². The lowest BCUT2D eigenvalue weighted by atomic mass is 10.1. The number of hydrogen-bond donors (Lipinski definition) is 2. The van der Waals surface area contributed by atoms with E-state index in [-0.39, 0.29) is 37.2 Å². The zero-order valence-electron chi connectivity index (χ0n) is 15.2. The normalized spacial score (nSPS) is 13.2. The van der Waals surface area contributed by atoms with E-state index >= 15 is 0 Å². The van der Waals surface area contributed by atoms with Crippen molar-refractivity contribution in [2.45, 2.75) is 13.3 Å². The zero-order chi connectivity index (χ0) is 19.7. The Morgan fingerprint density at radius 1 is 1.25 bits per heavy atom. The largest absolute Gasteiger partial charge is 0.482 e. The summed E-state index contributed by atoms with van der Waals surface area (Å²) in [6.07, 6.45) is 1.81. The van der Waals surface area contributed by atoms with Gasteiger partial charge in [-0.15, -0.1) is 0 Å². The zero-order valence-corrected chi connectivity index (χ0v) is 15.2. The number of nitrogens with one attached hydrogen (secondary N) is 2. The van der Waals surface area contributed by atoms with Gasteiger partial charge in [0.2, 0.25) is 5.91 Å². The van der Waals surface area contributed by atoms with Gasteiger partial charge in [0.05, 0.1) is 17.4 Å². The number of Topliss-reactive ketones (excluding diaryl/α,β-unsaturated/α-hetero) is 1. The summed E-state index contributed by atoms with van der Waals surface area (Å²) < 4.78 is 5.42. The maximum atomic E-state index is 12.4. The third-order valence-corrected chi connectivity index (χ3v) is 4.60. The Balaban J connectivity index is 1.46. The van der Waals surface area contributed by atoms with E-state index in [0.717, 1.165) is 10.9 Å². The van der Waals surface area contributed by atoms with Crippen molar-refractivity contribution in [1.82, 2.24) is 10.2 Å². The maximum absolute atomic E-state index is 12.4. The first kappa shape index (κ1) is 17.7. The van der Waals surface area contributed by atoms with E-state index in [9.17, 15) is 14.4 Å². The number of anilines is 2. The molecule has 0 aliphatic carbocycles. The number of carbonyl (C=O) groups excluding carboxylic acids is 3. The van der Waals surface area contributed by atoms with Crippen molar-refractivity contribution in [3.63, 3.8) is 0 Å². The first-order chi connectivity index (χ1) is 13.5. The molecule has 0 spiro atoms. The molecule has 0 unspecified atom stereocenters. The summed E-state index contributed by atoms with van der Waals surface area (Å²) >= 11 is 0. The minimum absolute atomic E-state index is 0.0927. The lowest BCUT2D eigenvalue weighted by Gasteiger charge is -2.29. The van der Waals surface area contributed by atoms with Gasteiger partial charge in [0, 0.05) is 29.6 Å². The molecular weight excluding hydrogens is 360 g/mol. The summed E-state index contributed by atoms with van der Waals surface area (Å²) in [6, 6.07) is 10.4. The second-order valence-corrected chi connectivity index (χ2v) is 6.54. The number of ether oxygens (including phenoxy) is 1. The van der Waals surface area contributed by atoms with Crippen LogP contribution in [0.15, 0.2) is 42.6 Å². The van der Waals surface area contributed by atoms with Gasteiger partial charge in [-0.3, -0.25) is 19.5 Å². The first-order valence-corrected chi connectivity index (χ1v) is 8.82. The van der Waals surface area contributed by atoms with E-state index in [1.54, 1.807) is 36.5 Å². The molecule has 28 heavy (non-hydrogen) atoms. The number of H-pyrrole nitrogens is 1. The van der Waals surface area contributed by atoms with Crippen molar-refractivity contribution in [3.8, 4) is 5.75 Å². The minimum atomic E-state index is -0.250. The Kier molecular flexibility index (Phi) is 4.52. The molecule has 0 saturated carbocycles. The smallest absolute Gasteiger partial charge is 0.265 e. The standard InChI is InChI=1S/C20H18N4O4/c1-12(25)13-3-5-18-17(8-13)24(20(27)11-28-18)7-6-19(26)22-15-4-2-14-10-21-23-16(14)9-15/h2-5,8-10H,6-7,11H2,1H3,(H,21,23)(H,22,26). The van der Waals surface area contributed by atoms with Crippen LogP contribution in [-0.4, -0.2) is 40.9 Å². The van der Waals surface area contributed by atoms with Crippen LogP contribution >= 0.6 is 0 Å². The lowest BCUT2D eigenvalue weighted by molar-refractivity contribution is -0.121. The average molecular weight is 378 g/mol. The van der Waals surface area contributed by atoms with Crippen LogP contribution in [0.2, 0.25) is 0 Å². The van der Waals surface area contributed by atoms with Crippen molar-refractivity contribution in [2.24, 2.45) is 0 Å². The lowest BCUT2D eigenvalue weighted by Crippen LogP contribution is -2.40. The summed E-state index contributed by atoms with van der Waals surface area (Å²) in [5.74, 6) is -0.0512. The molecule has 142 valence electrons. The van der Waals surface area contributed by atoms with E-state index in [2.05, 4.69) is 15.5 Å². The molecule has 0 atom stereocenters. The fraction of sp³-hybridized carbons (Fsp3) is 0.200. The van der Waals surface area contributed by atoms with E-state index in [0.29, 0.717) is 22.7 Å². The van der Waals surface area contributed by atoms with Gasteiger partial charge >= 0.3 is 0 Å². The van der Waals surface area contributed by atoms with E-state index in [1.165, 1.54) is 11.8 Å². The predicted octanol–water partition coefficient (Wildman–Crippen LogP) is 2.52. The fourth-order valence-electron chi connectivity index (χ4n) is 3.12. The van der Waals surface area contributed by atoms with Gasteiger partial charge < -0.3 is 15.0 Å². The third kappa shape index (κ3) is 3.44. The second kappa shape index (κ2) is 7.15. The highest BCUT2D eigenvalue weighted by Crippen LogP contribution is 2.33. The van der Waals surface area contributed by atoms with Crippen molar-refractivity contribution < 1.29 is 19.1 Å². The summed E-state index contributed by atoms with van der Waals surface area (Å²) in [4.78, 5) is 37.8. The van der Waals surface area contributed by atoms with Gasteiger partial charge in [-0.1, -0.05) is 0 Å². The molecule has 4 rings (SSSR count). The highest BCUT2D eigenvalue weighted by Gasteiger charge is 2.26. The molecule has 8 heteroatoms. The van der Waals surface area contributed by atoms with E-state index in [4.69, 9.17) is 4.74 Å². The first-order valence-electron chi connectivity index (χ1n) is 8.82. The van der Waals surface area contributed by atoms with Gasteiger partial charge in [0.1, 0.15) is 5.75 Å². The molecule has 0 bridgehead atoms. The number of aromatic amines is 1. The molecule has 0 saturated heterocycles. The average Bonchev–Trinajstić information content (AvgIpc) is 3.14. The van der Waals surface area contributed by atoms with E-state index < -0.39 is 0 Å². The van der Waals surface area contributed by atoms with Gasteiger partial charge in [0.15, 0.2) is 12.4 Å². The van der Waals surface area contributed by atoms with Gasteiger partial charge in [-0.25, -0.2) is 0 Å². The van der Waals surface area contributed by atoms with Crippen LogP contribution in [0.5, 0.6) is 5.75 Å². The quantitative estimate of drug-likeness (QED) is 0.664. The number of benzene rings is 2. The number of aromatic nitrogens is 2. The van der Waals surface area contributed by atoms with Crippen LogP contribution in [0.3, 0.4) is 0 Å².